The third kappa shape index (κ3) is 2.78. The Hall–Kier alpha value is -1.22. The molecule has 20 heavy (non-hydrogen) atoms. The second kappa shape index (κ2) is 5.65. The van der Waals surface area contributed by atoms with Gasteiger partial charge < -0.3 is 14.4 Å². The van der Waals surface area contributed by atoms with E-state index < -0.39 is 0 Å². The van der Waals surface area contributed by atoms with Gasteiger partial charge in [-0.1, -0.05) is 0 Å². The zero-order valence-electron chi connectivity index (χ0n) is 12.8. The first-order valence-corrected chi connectivity index (χ1v) is 7.77. The second-order valence-electron chi connectivity index (χ2n) is 6.39. The maximum absolute atomic E-state index is 5.84. The quantitative estimate of drug-likeness (QED) is 0.840. The van der Waals surface area contributed by atoms with Gasteiger partial charge in [-0.3, -0.25) is 0 Å². The minimum Gasteiger partial charge on any atom is -0.493 e. The van der Waals surface area contributed by atoms with E-state index in [9.17, 15) is 0 Å². The Morgan fingerprint density at radius 2 is 2.25 bits per heavy atom. The van der Waals surface area contributed by atoms with E-state index in [0.717, 1.165) is 18.1 Å². The summed E-state index contributed by atoms with van der Waals surface area (Å²) in [7, 11) is 2.24. The van der Waals surface area contributed by atoms with Crippen LogP contribution in [0.2, 0.25) is 0 Å². The summed E-state index contributed by atoms with van der Waals surface area (Å²) in [5, 5.41) is 0. The molecule has 1 fully saturated rings. The van der Waals surface area contributed by atoms with Crippen LogP contribution >= 0.6 is 0 Å². The van der Waals surface area contributed by atoms with E-state index in [-0.39, 0.29) is 6.10 Å². The van der Waals surface area contributed by atoms with Gasteiger partial charge in [0.1, 0.15) is 11.5 Å². The fourth-order valence-electron chi connectivity index (χ4n) is 3.40. The summed E-state index contributed by atoms with van der Waals surface area (Å²) in [6, 6.07) is 6.97. The second-order valence-corrected chi connectivity index (χ2v) is 6.39. The highest BCUT2D eigenvalue weighted by Crippen LogP contribution is 2.40. The molecule has 2 aliphatic heterocycles. The lowest BCUT2D eigenvalue weighted by molar-refractivity contribution is 0.242. The first-order chi connectivity index (χ1) is 9.63. The van der Waals surface area contributed by atoms with Crippen molar-refractivity contribution < 1.29 is 9.47 Å². The number of fused-ring (bicyclic) bond motifs is 1. The number of benzene rings is 1. The van der Waals surface area contributed by atoms with Crippen molar-refractivity contribution >= 4 is 0 Å². The van der Waals surface area contributed by atoms with Gasteiger partial charge in [0, 0.05) is 17.5 Å². The maximum Gasteiger partial charge on any atom is 0.123 e. The third-order valence-electron chi connectivity index (χ3n) is 4.46. The highest BCUT2D eigenvalue weighted by molar-refractivity contribution is 5.45. The number of hydrogen-bond donors (Lipinski definition) is 0. The Balaban J connectivity index is 1.74. The van der Waals surface area contributed by atoms with Gasteiger partial charge in [0.2, 0.25) is 0 Å². The fraction of sp³-hybridized carbons (Fsp3) is 0.647. The monoisotopic (exact) mass is 275 g/mol. The van der Waals surface area contributed by atoms with Gasteiger partial charge in [-0.05, 0) is 64.9 Å². The highest BCUT2D eigenvalue weighted by atomic mass is 16.5. The molecule has 3 nitrogen and oxygen atoms in total. The molecule has 3 heteroatoms. The molecule has 1 aromatic carbocycles. The van der Waals surface area contributed by atoms with Crippen molar-refractivity contribution in [1.29, 1.82) is 0 Å². The number of ether oxygens (including phenoxy) is 2. The normalized spacial score (nSPS) is 25.8. The molecule has 0 amide bonds. The van der Waals surface area contributed by atoms with E-state index in [4.69, 9.17) is 9.47 Å². The molecule has 0 N–H and O–H groups in total. The Morgan fingerprint density at radius 3 is 2.95 bits per heavy atom. The number of nitrogens with zero attached hydrogens (tertiary/aromatic N) is 1. The number of hydrogen-bond acceptors (Lipinski definition) is 3. The SMILES string of the molecule is CC(C)Oc1ccc2c(c1)C(C[C@H]1CCCN1C)CO2. The predicted molar refractivity (Wildman–Crippen MR) is 80.7 cm³/mol. The highest BCUT2D eigenvalue weighted by Gasteiger charge is 2.30. The van der Waals surface area contributed by atoms with Crippen LogP contribution in [0, 0.1) is 0 Å². The van der Waals surface area contributed by atoms with Gasteiger partial charge >= 0.3 is 0 Å². The Morgan fingerprint density at radius 1 is 1.40 bits per heavy atom. The molecule has 0 aliphatic carbocycles. The lowest BCUT2D eigenvalue weighted by atomic mass is 9.93. The summed E-state index contributed by atoms with van der Waals surface area (Å²) in [5.41, 5.74) is 1.34. The molecule has 2 aliphatic rings. The zero-order valence-corrected chi connectivity index (χ0v) is 12.8. The minimum absolute atomic E-state index is 0.217. The third-order valence-corrected chi connectivity index (χ3v) is 4.46. The van der Waals surface area contributed by atoms with Crippen molar-refractivity contribution in [3.05, 3.63) is 23.8 Å². The van der Waals surface area contributed by atoms with Gasteiger partial charge in [0.15, 0.2) is 0 Å². The lowest BCUT2D eigenvalue weighted by Crippen LogP contribution is -2.27. The molecule has 110 valence electrons. The maximum atomic E-state index is 5.84. The van der Waals surface area contributed by atoms with Gasteiger partial charge in [-0.15, -0.1) is 0 Å². The molecule has 1 saturated heterocycles. The summed E-state index contributed by atoms with van der Waals surface area (Å²) in [4.78, 5) is 2.49. The van der Waals surface area contributed by atoms with Crippen LogP contribution in [0.4, 0.5) is 0 Å². The molecule has 2 atom stereocenters. The van der Waals surface area contributed by atoms with Gasteiger partial charge in [-0.2, -0.15) is 0 Å². The number of likely N-dealkylation sites (tertiary alicyclic amines) is 1. The van der Waals surface area contributed by atoms with E-state index in [2.05, 4.69) is 37.9 Å². The topological polar surface area (TPSA) is 21.7 Å². The van der Waals surface area contributed by atoms with E-state index >= 15 is 0 Å². The number of rotatable bonds is 4. The van der Waals surface area contributed by atoms with Crippen molar-refractivity contribution in [3.8, 4) is 11.5 Å². The Bertz CT molecular complexity index is 472. The van der Waals surface area contributed by atoms with Crippen LogP contribution in [-0.2, 0) is 0 Å². The van der Waals surface area contributed by atoms with Crippen molar-refractivity contribution in [2.75, 3.05) is 20.2 Å². The fourth-order valence-corrected chi connectivity index (χ4v) is 3.40. The first-order valence-electron chi connectivity index (χ1n) is 7.77. The molecule has 0 saturated carbocycles. The summed E-state index contributed by atoms with van der Waals surface area (Å²) in [5.74, 6) is 2.53. The van der Waals surface area contributed by atoms with Gasteiger partial charge in [0.05, 0.1) is 12.7 Å². The molecule has 0 radical (unpaired) electrons. The molecular formula is C17H25NO2. The molecule has 1 aromatic rings. The Kier molecular flexibility index (Phi) is 3.88. The average Bonchev–Trinajstić information content (AvgIpc) is 2.97. The molecule has 1 unspecified atom stereocenters. The van der Waals surface area contributed by atoms with Gasteiger partial charge in [-0.25, -0.2) is 0 Å². The van der Waals surface area contributed by atoms with Crippen LogP contribution < -0.4 is 9.47 Å². The predicted octanol–water partition coefficient (Wildman–Crippen LogP) is 3.43. The summed E-state index contributed by atoms with van der Waals surface area (Å²) in [6.45, 7) is 6.19. The smallest absolute Gasteiger partial charge is 0.123 e. The van der Waals surface area contributed by atoms with Crippen molar-refractivity contribution in [3.63, 3.8) is 0 Å². The van der Waals surface area contributed by atoms with E-state index in [1.54, 1.807) is 0 Å². The van der Waals surface area contributed by atoms with Crippen LogP contribution in [0.3, 0.4) is 0 Å². The Labute approximate surface area is 121 Å². The summed E-state index contributed by atoms with van der Waals surface area (Å²) >= 11 is 0. The summed E-state index contributed by atoms with van der Waals surface area (Å²) in [6.07, 6.45) is 4.08. The molecule has 0 bridgehead atoms. The molecule has 0 aromatic heterocycles. The zero-order chi connectivity index (χ0) is 14.1. The molecule has 2 heterocycles. The van der Waals surface area contributed by atoms with Gasteiger partial charge in [0.25, 0.3) is 0 Å². The van der Waals surface area contributed by atoms with Crippen LogP contribution in [0.25, 0.3) is 0 Å². The van der Waals surface area contributed by atoms with Crippen LogP contribution in [0.15, 0.2) is 18.2 Å². The van der Waals surface area contributed by atoms with Crippen LogP contribution in [-0.4, -0.2) is 37.2 Å². The average molecular weight is 275 g/mol. The molecule has 0 spiro atoms. The molecular weight excluding hydrogens is 250 g/mol. The van der Waals surface area contributed by atoms with Crippen molar-refractivity contribution in [2.45, 2.75) is 51.2 Å². The van der Waals surface area contributed by atoms with E-state index in [1.165, 1.54) is 31.4 Å². The van der Waals surface area contributed by atoms with Crippen molar-refractivity contribution in [1.82, 2.24) is 4.90 Å². The molecule has 3 rings (SSSR count). The van der Waals surface area contributed by atoms with Crippen LogP contribution in [0.1, 0.15) is 44.6 Å². The lowest BCUT2D eigenvalue weighted by Gasteiger charge is -2.22. The van der Waals surface area contributed by atoms with E-state index in [1.807, 2.05) is 6.07 Å². The summed E-state index contributed by atoms with van der Waals surface area (Å²) < 4.78 is 11.7. The van der Waals surface area contributed by atoms with Crippen LogP contribution in [0.5, 0.6) is 11.5 Å². The van der Waals surface area contributed by atoms with Crippen molar-refractivity contribution in [2.24, 2.45) is 0 Å². The first kappa shape index (κ1) is 13.7. The standard InChI is InChI=1S/C17H25NO2/c1-12(2)20-15-6-7-17-16(10-15)13(11-19-17)9-14-5-4-8-18(14)3/h6-7,10,12-14H,4-5,8-9,11H2,1-3H3/t13?,14-/m1/s1. The van der Waals surface area contributed by atoms with E-state index in [0.29, 0.717) is 12.0 Å². The largest absolute Gasteiger partial charge is 0.493 e. The minimum atomic E-state index is 0.217.